The highest BCUT2D eigenvalue weighted by atomic mass is 32.2. The van der Waals surface area contributed by atoms with Gasteiger partial charge in [-0.15, -0.1) is 5.10 Å². The molecule has 0 amide bonds. The fourth-order valence-corrected chi connectivity index (χ4v) is 1.85. The maximum Gasteiger partial charge on any atom is 0.360 e. The summed E-state index contributed by atoms with van der Waals surface area (Å²) in [7, 11) is 0. The van der Waals surface area contributed by atoms with Gasteiger partial charge in [0.1, 0.15) is 0 Å². The van der Waals surface area contributed by atoms with E-state index in [0.29, 0.717) is 18.2 Å². The lowest BCUT2D eigenvalue weighted by Gasteiger charge is -2.06. The number of carbonyl (C=O) groups is 1. The summed E-state index contributed by atoms with van der Waals surface area (Å²) in [5, 5.41) is 7.90. The predicted molar refractivity (Wildman–Crippen MR) is 72.9 cm³/mol. The van der Waals surface area contributed by atoms with Gasteiger partial charge in [0, 0.05) is 6.54 Å². The van der Waals surface area contributed by atoms with Gasteiger partial charge >= 0.3 is 5.97 Å². The molecule has 0 aliphatic carbocycles. The molecule has 0 radical (unpaired) electrons. The molecule has 0 saturated heterocycles. The molecule has 1 heterocycles. The summed E-state index contributed by atoms with van der Waals surface area (Å²) in [6.07, 6.45) is 3.09. The molecule has 0 aromatic carbocycles. The zero-order valence-electron chi connectivity index (χ0n) is 11.5. The Hall–Kier alpha value is -1.04. The molecular formula is C12H21N3O2S. The Morgan fingerprint density at radius 1 is 1.50 bits per heavy atom. The number of esters is 1. The van der Waals surface area contributed by atoms with Crippen LogP contribution in [0.1, 0.15) is 36.5 Å². The van der Waals surface area contributed by atoms with Crippen LogP contribution >= 0.6 is 11.8 Å². The van der Waals surface area contributed by atoms with Crippen LogP contribution in [0.4, 0.5) is 0 Å². The van der Waals surface area contributed by atoms with E-state index < -0.39 is 0 Å². The average Bonchev–Trinajstić information content (AvgIpc) is 2.68. The lowest BCUT2D eigenvalue weighted by Crippen LogP contribution is -2.12. The van der Waals surface area contributed by atoms with E-state index in [9.17, 15) is 4.79 Å². The Kier molecular flexibility index (Phi) is 6.18. The molecule has 0 aliphatic rings. The van der Waals surface area contributed by atoms with Gasteiger partial charge in [-0.25, -0.2) is 9.48 Å². The zero-order valence-corrected chi connectivity index (χ0v) is 12.3. The van der Waals surface area contributed by atoms with E-state index in [1.807, 2.05) is 20.8 Å². The van der Waals surface area contributed by atoms with Gasteiger partial charge in [-0.05, 0) is 31.3 Å². The fourth-order valence-electron chi connectivity index (χ4n) is 1.43. The first kappa shape index (κ1) is 15.0. The third-order valence-electron chi connectivity index (χ3n) is 2.44. The second kappa shape index (κ2) is 7.41. The fraction of sp³-hybridized carbons (Fsp3) is 0.750. The van der Waals surface area contributed by atoms with Crippen molar-refractivity contribution in [2.45, 2.75) is 33.7 Å². The second-order valence-corrected chi connectivity index (χ2v) is 5.57. The van der Waals surface area contributed by atoms with Crippen molar-refractivity contribution in [2.24, 2.45) is 5.92 Å². The predicted octanol–water partition coefficient (Wildman–Crippen LogP) is 2.15. The highest BCUT2D eigenvalue weighted by Crippen LogP contribution is 2.08. The van der Waals surface area contributed by atoms with Gasteiger partial charge < -0.3 is 4.74 Å². The summed E-state index contributed by atoms with van der Waals surface area (Å²) in [4.78, 5) is 11.8. The molecule has 6 heteroatoms. The van der Waals surface area contributed by atoms with Gasteiger partial charge in [-0.2, -0.15) is 11.8 Å². The minimum Gasteiger partial charge on any atom is -0.461 e. The van der Waals surface area contributed by atoms with Gasteiger partial charge in [0.15, 0.2) is 5.69 Å². The topological polar surface area (TPSA) is 57.0 Å². The average molecular weight is 271 g/mol. The number of nitrogens with zero attached hydrogens (tertiary/aromatic N) is 3. The van der Waals surface area contributed by atoms with Crippen molar-refractivity contribution < 1.29 is 9.53 Å². The third kappa shape index (κ3) is 4.33. The van der Waals surface area contributed by atoms with Crippen molar-refractivity contribution in [3.05, 3.63) is 11.4 Å². The molecule has 0 fully saturated rings. The molecule has 1 aromatic rings. The van der Waals surface area contributed by atoms with E-state index in [1.165, 1.54) is 0 Å². The van der Waals surface area contributed by atoms with E-state index >= 15 is 0 Å². The highest BCUT2D eigenvalue weighted by molar-refractivity contribution is 7.98. The van der Waals surface area contributed by atoms with Gasteiger partial charge in [0.2, 0.25) is 0 Å². The first-order valence-electron chi connectivity index (χ1n) is 6.12. The van der Waals surface area contributed by atoms with Crippen molar-refractivity contribution in [3.63, 3.8) is 0 Å². The van der Waals surface area contributed by atoms with Crippen LogP contribution in [-0.4, -0.2) is 39.6 Å². The number of rotatable bonds is 7. The Morgan fingerprint density at radius 3 is 2.83 bits per heavy atom. The summed E-state index contributed by atoms with van der Waals surface area (Å²) in [6, 6.07) is 0. The van der Waals surface area contributed by atoms with Crippen LogP contribution in [0.3, 0.4) is 0 Å². The molecule has 0 atom stereocenters. The molecule has 0 unspecified atom stereocenters. The van der Waals surface area contributed by atoms with Crippen molar-refractivity contribution in [1.82, 2.24) is 15.0 Å². The van der Waals surface area contributed by atoms with Crippen LogP contribution in [0.2, 0.25) is 0 Å². The first-order chi connectivity index (χ1) is 8.56. The number of hydrogen-bond donors (Lipinski definition) is 0. The second-order valence-electron chi connectivity index (χ2n) is 4.59. The molecule has 18 heavy (non-hydrogen) atoms. The smallest absolute Gasteiger partial charge is 0.360 e. The number of thioether (sulfide) groups is 1. The number of aryl methyl sites for hydroxylation is 1. The van der Waals surface area contributed by atoms with E-state index in [4.69, 9.17) is 4.74 Å². The lowest BCUT2D eigenvalue weighted by atomic mass is 10.2. The Morgan fingerprint density at radius 2 is 2.22 bits per heavy atom. The van der Waals surface area contributed by atoms with Crippen LogP contribution < -0.4 is 0 Å². The van der Waals surface area contributed by atoms with E-state index in [2.05, 4.69) is 16.6 Å². The van der Waals surface area contributed by atoms with Crippen LogP contribution in [0.5, 0.6) is 0 Å². The minimum atomic E-state index is -0.377. The van der Waals surface area contributed by atoms with Gasteiger partial charge in [-0.3, -0.25) is 0 Å². The summed E-state index contributed by atoms with van der Waals surface area (Å²) >= 11 is 1.80. The molecule has 0 N–H and O–H groups in total. The molecule has 0 aliphatic heterocycles. The van der Waals surface area contributed by atoms with Gasteiger partial charge in [0.25, 0.3) is 0 Å². The number of hydrogen-bond acceptors (Lipinski definition) is 5. The van der Waals surface area contributed by atoms with Crippen molar-refractivity contribution >= 4 is 17.7 Å². The third-order valence-corrected chi connectivity index (χ3v) is 3.14. The van der Waals surface area contributed by atoms with Crippen LogP contribution in [0, 0.1) is 12.8 Å². The molecular weight excluding hydrogens is 250 g/mol. The summed E-state index contributed by atoms with van der Waals surface area (Å²) < 4.78 is 6.92. The van der Waals surface area contributed by atoms with Crippen molar-refractivity contribution in [3.8, 4) is 0 Å². The monoisotopic (exact) mass is 271 g/mol. The molecule has 1 rings (SSSR count). The van der Waals surface area contributed by atoms with E-state index in [0.717, 1.165) is 24.4 Å². The molecule has 5 nitrogen and oxygen atoms in total. The zero-order chi connectivity index (χ0) is 13.5. The number of aromatic nitrogens is 3. The summed E-state index contributed by atoms with van der Waals surface area (Å²) in [5.74, 6) is 1.02. The summed E-state index contributed by atoms with van der Waals surface area (Å²) in [6.45, 7) is 7.05. The molecule has 0 spiro atoms. The molecule has 102 valence electrons. The Labute approximate surface area is 112 Å². The lowest BCUT2D eigenvalue weighted by molar-refractivity contribution is 0.0451. The highest BCUT2D eigenvalue weighted by Gasteiger charge is 2.17. The van der Waals surface area contributed by atoms with E-state index in [-0.39, 0.29) is 5.97 Å². The maximum atomic E-state index is 11.8. The number of carbonyl (C=O) groups excluding carboxylic acids is 1. The minimum absolute atomic E-state index is 0.325. The van der Waals surface area contributed by atoms with Crippen LogP contribution in [-0.2, 0) is 11.3 Å². The quantitative estimate of drug-likeness (QED) is 0.562. The normalized spacial score (nSPS) is 10.9. The largest absolute Gasteiger partial charge is 0.461 e. The molecule has 1 aromatic heterocycles. The van der Waals surface area contributed by atoms with Crippen LogP contribution in [0.15, 0.2) is 0 Å². The Balaban J connectivity index is 2.59. The summed E-state index contributed by atoms with van der Waals surface area (Å²) in [5.41, 5.74) is 1.12. The maximum absolute atomic E-state index is 11.8. The molecule has 0 saturated carbocycles. The molecule has 0 bridgehead atoms. The Bertz CT molecular complexity index is 391. The van der Waals surface area contributed by atoms with Gasteiger partial charge in [0.05, 0.1) is 12.3 Å². The standard InChI is InChI=1S/C12H21N3O2S/c1-9(2)8-17-12(16)11-10(3)15(14-13-11)6-5-7-18-4/h9H,5-8H2,1-4H3. The van der Waals surface area contributed by atoms with Crippen molar-refractivity contribution in [2.75, 3.05) is 18.6 Å². The van der Waals surface area contributed by atoms with Crippen molar-refractivity contribution in [1.29, 1.82) is 0 Å². The van der Waals surface area contributed by atoms with Crippen LogP contribution in [0.25, 0.3) is 0 Å². The van der Waals surface area contributed by atoms with Gasteiger partial charge in [-0.1, -0.05) is 19.1 Å². The number of ether oxygens (including phenoxy) is 1. The SMILES string of the molecule is CSCCCn1nnc(C(=O)OCC(C)C)c1C. The first-order valence-corrected chi connectivity index (χ1v) is 7.51. The van der Waals surface area contributed by atoms with E-state index in [1.54, 1.807) is 16.4 Å².